The van der Waals surface area contributed by atoms with Gasteiger partial charge in [0.05, 0.1) is 12.2 Å². The summed E-state index contributed by atoms with van der Waals surface area (Å²) in [4.78, 5) is 25.5. The summed E-state index contributed by atoms with van der Waals surface area (Å²) < 4.78 is 5.70. The van der Waals surface area contributed by atoms with E-state index < -0.39 is 0 Å². The fourth-order valence-electron chi connectivity index (χ4n) is 2.55. The van der Waals surface area contributed by atoms with Gasteiger partial charge in [-0.05, 0) is 48.7 Å². The van der Waals surface area contributed by atoms with Crippen molar-refractivity contribution in [2.24, 2.45) is 0 Å². The largest absolute Gasteiger partial charge is 0.487 e. The Hall–Kier alpha value is -3.28. The standard InChI is InChI=1S/C23H29N3O3/c1-17(2)16-29-21-8-6-5-7-20(21)24-15-22(27)25-19-12-9-18(10-13-19)11-14-23(28)26(3)4/h5-10,12-13,24H,1,11,14-16H2,2-4H3,(H,25,27). The lowest BCUT2D eigenvalue weighted by Gasteiger charge is -2.13. The Labute approximate surface area is 172 Å². The molecule has 0 aromatic heterocycles. The van der Waals surface area contributed by atoms with Gasteiger partial charge < -0.3 is 20.3 Å². The quantitative estimate of drug-likeness (QED) is 0.602. The Morgan fingerprint density at radius 2 is 1.76 bits per heavy atom. The highest BCUT2D eigenvalue weighted by Gasteiger charge is 2.07. The Morgan fingerprint density at radius 1 is 1.07 bits per heavy atom. The molecular formula is C23H29N3O3. The number of aryl methyl sites for hydroxylation is 1. The van der Waals surface area contributed by atoms with E-state index in [0.29, 0.717) is 30.9 Å². The van der Waals surface area contributed by atoms with Crippen LogP contribution in [0.25, 0.3) is 0 Å². The molecule has 0 bridgehead atoms. The van der Waals surface area contributed by atoms with Crippen molar-refractivity contribution < 1.29 is 14.3 Å². The third kappa shape index (κ3) is 7.70. The molecule has 0 fully saturated rings. The van der Waals surface area contributed by atoms with Gasteiger partial charge >= 0.3 is 0 Å². The Morgan fingerprint density at radius 3 is 2.41 bits per heavy atom. The van der Waals surface area contributed by atoms with E-state index >= 15 is 0 Å². The van der Waals surface area contributed by atoms with E-state index in [4.69, 9.17) is 4.74 Å². The molecule has 2 N–H and O–H groups in total. The second kappa shape index (κ2) is 10.9. The first-order valence-corrected chi connectivity index (χ1v) is 9.54. The highest BCUT2D eigenvalue weighted by atomic mass is 16.5. The summed E-state index contributed by atoms with van der Waals surface area (Å²) in [5.41, 5.74) is 3.45. The molecule has 0 aliphatic rings. The molecule has 6 nitrogen and oxygen atoms in total. The lowest BCUT2D eigenvalue weighted by Crippen LogP contribution is -2.22. The van der Waals surface area contributed by atoms with Gasteiger partial charge in [-0.25, -0.2) is 0 Å². The maximum absolute atomic E-state index is 12.3. The number of anilines is 2. The smallest absolute Gasteiger partial charge is 0.243 e. The summed E-state index contributed by atoms with van der Waals surface area (Å²) in [6, 6.07) is 15.0. The zero-order chi connectivity index (χ0) is 21.2. The van der Waals surface area contributed by atoms with E-state index in [9.17, 15) is 9.59 Å². The van der Waals surface area contributed by atoms with E-state index in [1.807, 2.05) is 55.5 Å². The van der Waals surface area contributed by atoms with Gasteiger partial charge in [0.25, 0.3) is 0 Å². The van der Waals surface area contributed by atoms with E-state index in [1.165, 1.54) is 0 Å². The van der Waals surface area contributed by atoms with E-state index in [-0.39, 0.29) is 18.4 Å². The van der Waals surface area contributed by atoms with Crippen LogP contribution in [-0.4, -0.2) is 44.0 Å². The number of rotatable bonds is 10. The molecule has 2 aromatic carbocycles. The van der Waals surface area contributed by atoms with Crippen molar-refractivity contribution in [1.82, 2.24) is 4.90 Å². The fourth-order valence-corrected chi connectivity index (χ4v) is 2.55. The molecule has 0 aliphatic heterocycles. The fraction of sp³-hybridized carbons (Fsp3) is 0.304. The molecule has 2 rings (SSSR count). The van der Waals surface area contributed by atoms with Crippen molar-refractivity contribution in [3.63, 3.8) is 0 Å². The van der Waals surface area contributed by atoms with Crippen LogP contribution >= 0.6 is 0 Å². The average molecular weight is 396 g/mol. The maximum Gasteiger partial charge on any atom is 0.243 e. The van der Waals surface area contributed by atoms with Crippen molar-refractivity contribution in [2.45, 2.75) is 19.8 Å². The van der Waals surface area contributed by atoms with Crippen LogP contribution in [0, 0.1) is 0 Å². The molecule has 29 heavy (non-hydrogen) atoms. The maximum atomic E-state index is 12.3. The first-order valence-electron chi connectivity index (χ1n) is 9.54. The van der Waals surface area contributed by atoms with Crippen molar-refractivity contribution in [3.05, 3.63) is 66.2 Å². The Balaban J connectivity index is 1.84. The second-order valence-corrected chi connectivity index (χ2v) is 7.13. The van der Waals surface area contributed by atoms with Crippen LogP contribution in [0.2, 0.25) is 0 Å². The van der Waals surface area contributed by atoms with Gasteiger partial charge in [-0.3, -0.25) is 9.59 Å². The van der Waals surface area contributed by atoms with Crippen molar-refractivity contribution in [1.29, 1.82) is 0 Å². The molecule has 0 radical (unpaired) electrons. The number of para-hydroxylation sites is 2. The van der Waals surface area contributed by atoms with Crippen LogP contribution in [0.1, 0.15) is 18.9 Å². The molecule has 0 saturated carbocycles. The third-order valence-electron chi connectivity index (χ3n) is 4.16. The predicted octanol–water partition coefficient (Wildman–Crippen LogP) is 3.71. The lowest BCUT2D eigenvalue weighted by molar-refractivity contribution is -0.128. The van der Waals surface area contributed by atoms with Crippen molar-refractivity contribution in [3.8, 4) is 5.75 Å². The molecule has 6 heteroatoms. The normalized spacial score (nSPS) is 10.2. The van der Waals surface area contributed by atoms with E-state index in [1.54, 1.807) is 19.0 Å². The summed E-state index contributed by atoms with van der Waals surface area (Å²) in [7, 11) is 3.50. The average Bonchev–Trinajstić information content (AvgIpc) is 2.70. The van der Waals surface area contributed by atoms with Gasteiger partial charge in [-0.15, -0.1) is 0 Å². The minimum atomic E-state index is -0.157. The number of nitrogens with one attached hydrogen (secondary N) is 2. The number of benzene rings is 2. The summed E-state index contributed by atoms with van der Waals surface area (Å²) in [6.07, 6.45) is 1.14. The Kier molecular flexibility index (Phi) is 8.27. The van der Waals surface area contributed by atoms with E-state index in [0.717, 1.165) is 16.8 Å². The van der Waals surface area contributed by atoms with Crippen LogP contribution in [0.3, 0.4) is 0 Å². The van der Waals surface area contributed by atoms with Crippen LogP contribution in [0.15, 0.2) is 60.7 Å². The second-order valence-electron chi connectivity index (χ2n) is 7.13. The topological polar surface area (TPSA) is 70.7 Å². The summed E-state index contributed by atoms with van der Waals surface area (Å²) in [5, 5.41) is 5.96. The Bertz CT molecular complexity index is 845. The molecule has 2 aromatic rings. The SMILES string of the molecule is C=C(C)COc1ccccc1NCC(=O)Nc1ccc(CCC(=O)N(C)C)cc1. The van der Waals surface area contributed by atoms with Crippen LogP contribution in [-0.2, 0) is 16.0 Å². The highest BCUT2D eigenvalue weighted by molar-refractivity contribution is 5.94. The number of hydrogen-bond donors (Lipinski definition) is 2. The summed E-state index contributed by atoms with van der Waals surface area (Å²) in [6.45, 7) is 6.27. The molecule has 2 amide bonds. The molecule has 0 atom stereocenters. The zero-order valence-corrected chi connectivity index (χ0v) is 17.3. The number of amides is 2. The number of hydrogen-bond acceptors (Lipinski definition) is 4. The van der Waals surface area contributed by atoms with Crippen LogP contribution in [0.5, 0.6) is 5.75 Å². The van der Waals surface area contributed by atoms with Crippen LogP contribution in [0.4, 0.5) is 11.4 Å². The number of nitrogens with zero attached hydrogens (tertiary/aromatic N) is 1. The summed E-state index contributed by atoms with van der Waals surface area (Å²) in [5.74, 6) is 0.621. The molecule has 0 aliphatic carbocycles. The summed E-state index contributed by atoms with van der Waals surface area (Å²) >= 11 is 0. The first-order chi connectivity index (χ1) is 13.8. The molecule has 0 unspecified atom stereocenters. The van der Waals surface area contributed by atoms with Gasteiger partial charge in [0.15, 0.2) is 0 Å². The highest BCUT2D eigenvalue weighted by Crippen LogP contribution is 2.24. The minimum Gasteiger partial charge on any atom is -0.487 e. The molecule has 0 spiro atoms. The first kappa shape index (κ1) is 22.0. The molecule has 0 saturated heterocycles. The van der Waals surface area contributed by atoms with Gasteiger partial charge in [0.2, 0.25) is 11.8 Å². The van der Waals surface area contributed by atoms with E-state index in [2.05, 4.69) is 17.2 Å². The number of carbonyl (C=O) groups excluding carboxylic acids is 2. The number of ether oxygens (including phenoxy) is 1. The zero-order valence-electron chi connectivity index (χ0n) is 17.3. The monoisotopic (exact) mass is 395 g/mol. The van der Waals surface area contributed by atoms with Crippen LogP contribution < -0.4 is 15.4 Å². The van der Waals surface area contributed by atoms with Gasteiger partial charge in [0, 0.05) is 26.2 Å². The molecular weight excluding hydrogens is 366 g/mol. The minimum absolute atomic E-state index is 0.0981. The van der Waals surface area contributed by atoms with Gasteiger partial charge in [-0.2, -0.15) is 0 Å². The van der Waals surface area contributed by atoms with Crippen molar-refractivity contribution >= 4 is 23.2 Å². The van der Waals surface area contributed by atoms with Gasteiger partial charge in [-0.1, -0.05) is 30.8 Å². The predicted molar refractivity (Wildman–Crippen MR) is 117 cm³/mol. The van der Waals surface area contributed by atoms with Gasteiger partial charge in [0.1, 0.15) is 12.4 Å². The third-order valence-corrected chi connectivity index (χ3v) is 4.16. The molecule has 154 valence electrons. The molecule has 0 heterocycles. The number of carbonyl (C=O) groups is 2. The lowest BCUT2D eigenvalue weighted by atomic mass is 10.1. The van der Waals surface area contributed by atoms with Crippen molar-refractivity contribution in [2.75, 3.05) is 37.9 Å².